The minimum Gasteiger partial charge on any atom is -0.491 e. The highest BCUT2D eigenvalue weighted by Gasteiger charge is 2.28. The lowest BCUT2D eigenvalue weighted by Crippen LogP contribution is -2.41. The number of hydrogen-bond donors (Lipinski definition) is 1. The van der Waals surface area contributed by atoms with Gasteiger partial charge in [0, 0.05) is 13.6 Å². The zero-order valence-electron chi connectivity index (χ0n) is 16.9. The topological polar surface area (TPSA) is 71.0 Å². The van der Waals surface area contributed by atoms with Crippen LogP contribution in [0.25, 0.3) is 0 Å². The van der Waals surface area contributed by atoms with Crippen molar-refractivity contribution in [2.75, 3.05) is 39.0 Å². The molecule has 148 valence electrons. The molecule has 1 rings (SSSR count). The maximum absolute atomic E-state index is 12.2. The minimum absolute atomic E-state index is 0.0406. The smallest absolute Gasteiger partial charge is 0.193 e. The van der Waals surface area contributed by atoms with Crippen molar-refractivity contribution in [1.82, 2.24) is 10.2 Å². The number of nitrogens with zero attached hydrogens (tertiary/aromatic N) is 2. The predicted molar refractivity (Wildman–Crippen MR) is 109 cm³/mol. The molecule has 0 unspecified atom stereocenters. The fourth-order valence-corrected chi connectivity index (χ4v) is 3.11. The van der Waals surface area contributed by atoms with Gasteiger partial charge in [0.25, 0.3) is 0 Å². The third kappa shape index (κ3) is 6.86. The van der Waals surface area contributed by atoms with Crippen LogP contribution in [0, 0.1) is 6.92 Å². The normalized spacial score (nSPS) is 12.8. The van der Waals surface area contributed by atoms with Gasteiger partial charge < -0.3 is 15.0 Å². The maximum Gasteiger partial charge on any atom is 0.193 e. The monoisotopic (exact) mass is 383 g/mol. The van der Waals surface area contributed by atoms with E-state index in [1.54, 1.807) is 20.8 Å². The van der Waals surface area contributed by atoms with E-state index in [0.29, 0.717) is 25.7 Å². The second kappa shape index (κ2) is 9.80. The summed E-state index contributed by atoms with van der Waals surface area (Å²) in [7, 11) is -1.25. The van der Waals surface area contributed by atoms with Gasteiger partial charge in [0.15, 0.2) is 15.8 Å². The Hall–Kier alpha value is -1.76. The fraction of sp³-hybridized carbons (Fsp3) is 0.632. The Morgan fingerprint density at radius 1 is 1.27 bits per heavy atom. The summed E-state index contributed by atoms with van der Waals surface area (Å²) in [6.45, 7) is 11.3. The van der Waals surface area contributed by atoms with Crippen molar-refractivity contribution in [3.8, 4) is 5.75 Å². The van der Waals surface area contributed by atoms with E-state index in [9.17, 15) is 8.42 Å². The number of hydrogen-bond acceptors (Lipinski definition) is 4. The average Bonchev–Trinajstić information content (AvgIpc) is 2.54. The number of ether oxygens (including phenoxy) is 1. The van der Waals surface area contributed by atoms with Crippen molar-refractivity contribution < 1.29 is 13.2 Å². The molecule has 0 saturated heterocycles. The Morgan fingerprint density at radius 2 is 1.92 bits per heavy atom. The van der Waals surface area contributed by atoms with Gasteiger partial charge in [0.2, 0.25) is 0 Å². The van der Waals surface area contributed by atoms with Crippen molar-refractivity contribution in [3.63, 3.8) is 0 Å². The molecule has 26 heavy (non-hydrogen) atoms. The third-order valence-corrected chi connectivity index (χ3v) is 6.61. The lowest BCUT2D eigenvalue weighted by Gasteiger charge is -2.23. The third-order valence-electron chi connectivity index (χ3n) is 4.03. The molecule has 7 heteroatoms. The number of rotatable bonds is 8. The SMILES string of the molecule is CCNC(=NCCS(=O)(=O)C(C)(C)C)N(C)CCOc1ccccc1C. The molecule has 0 aliphatic heterocycles. The molecule has 1 N–H and O–H groups in total. The van der Waals surface area contributed by atoms with Gasteiger partial charge in [0.05, 0.1) is 23.6 Å². The molecule has 6 nitrogen and oxygen atoms in total. The first-order valence-corrected chi connectivity index (χ1v) is 10.6. The van der Waals surface area contributed by atoms with E-state index in [-0.39, 0.29) is 12.3 Å². The number of para-hydroxylation sites is 1. The van der Waals surface area contributed by atoms with E-state index < -0.39 is 14.6 Å². The number of guanidine groups is 1. The van der Waals surface area contributed by atoms with Gasteiger partial charge in [-0.1, -0.05) is 18.2 Å². The first-order chi connectivity index (χ1) is 12.1. The Bertz CT molecular complexity index is 694. The Balaban J connectivity index is 2.60. The molecular weight excluding hydrogens is 350 g/mol. The molecule has 0 saturated carbocycles. The molecule has 0 heterocycles. The second-order valence-corrected chi connectivity index (χ2v) is 10.1. The number of sulfone groups is 1. The molecule has 0 amide bonds. The molecule has 0 fully saturated rings. The van der Waals surface area contributed by atoms with E-state index in [0.717, 1.165) is 11.3 Å². The summed E-state index contributed by atoms with van der Waals surface area (Å²) in [6, 6.07) is 7.90. The zero-order chi connectivity index (χ0) is 19.8. The summed E-state index contributed by atoms with van der Waals surface area (Å²) >= 11 is 0. The van der Waals surface area contributed by atoms with Crippen molar-refractivity contribution >= 4 is 15.8 Å². The molecule has 1 aromatic carbocycles. The van der Waals surface area contributed by atoms with Crippen LogP contribution in [-0.2, 0) is 9.84 Å². The lowest BCUT2D eigenvalue weighted by atomic mass is 10.2. The second-order valence-electron chi connectivity index (χ2n) is 7.20. The van der Waals surface area contributed by atoms with E-state index in [2.05, 4.69) is 10.3 Å². The van der Waals surface area contributed by atoms with Gasteiger partial charge in [-0.3, -0.25) is 4.99 Å². The summed E-state index contributed by atoms with van der Waals surface area (Å²) in [6.07, 6.45) is 0. The van der Waals surface area contributed by atoms with E-state index in [4.69, 9.17) is 4.74 Å². The van der Waals surface area contributed by atoms with Crippen LogP contribution in [0.15, 0.2) is 29.3 Å². The largest absolute Gasteiger partial charge is 0.491 e. The van der Waals surface area contributed by atoms with Gasteiger partial charge in [-0.15, -0.1) is 0 Å². The highest BCUT2D eigenvalue weighted by Crippen LogP contribution is 2.16. The molecular formula is C19H33N3O3S. The van der Waals surface area contributed by atoms with Crippen LogP contribution in [0.3, 0.4) is 0 Å². The quantitative estimate of drug-likeness (QED) is 0.552. The highest BCUT2D eigenvalue weighted by atomic mass is 32.2. The van der Waals surface area contributed by atoms with Gasteiger partial charge in [-0.2, -0.15) is 0 Å². The Kier molecular flexibility index (Phi) is 8.40. The van der Waals surface area contributed by atoms with E-state index >= 15 is 0 Å². The van der Waals surface area contributed by atoms with Crippen molar-refractivity contribution in [3.05, 3.63) is 29.8 Å². The van der Waals surface area contributed by atoms with Gasteiger partial charge >= 0.3 is 0 Å². The van der Waals surface area contributed by atoms with Crippen molar-refractivity contribution in [2.24, 2.45) is 4.99 Å². The van der Waals surface area contributed by atoms with Crippen LogP contribution in [0.1, 0.15) is 33.3 Å². The van der Waals surface area contributed by atoms with Crippen LogP contribution >= 0.6 is 0 Å². The van der Waals surface area contributed by atoms with Crippen molar-refractivity contribution in [1.29, 1.82) is 0 Å². The standard InChI is InChI=1S/C19H33N3O3S/c1-7-20-18(21-12-15-26(23,24)19(3,4)5)22(6)13-14-25-17-11-9-8-10-16(17)2/h8-11H,7,12-15H2,1-6H3,(H,20,21). The fourth-order valence-electron chi connectivity index (χ4n) is 2.16. The molecule has 0 bridgehead atoms. The van der Waals surface area contributed by atoms with E-state index in [1.807, 2.05) is 50.1 Å². The highest BCUT2D eigenvalue weighted by molar-refractivity contribution is 7.92. The van der Waals surface area contributed by atoms with Crippen molar-refractivity contribution in [2.45, 2.75) is 39.4 Å². The van der Waals surface area contributed by atoms with Crippen LogP contribution in [0.2, 0.25) is 0 Å². The number of nitrogens with one attached hydrogen (secondary N) is 1. The number of aryl methyl sites for hydroxylation is 1. The first kappa shape index (κ1) is 22.3. The number of benzene rings is 1. The molecule has 0 atom stereocenters. The number of aliphatic imine (C=N–C) groups is 1. The molecule has 1 aromatic rings. The lowest BCUT2D eigenvalue weighted by molar-refractivity contribution is 0.280. The Labute approximate surface area is 158 Å². The van der Waals surface area contributed by atoms with E-state index in [1.165, 1.54) is 0 Å². The van der Waals surface area contributed by atoms with Crippen LogP contribution in [0.5, 0.6) is 5.75 Å². The Morgan fingerprint density at radius 3 is 2.50 bits per heavy atom. The summed E-state index contributed by atoms with van der Waals surface area (Å²) in [5.41, 5.74) is 1.10. The molecule has 0 radical (unpaired) electrons. The minimum atomic E-state index is -3.17. The van der Waals surface area contributed by atoms with Gasteiger partial charge in [-0.25, -0.2) is 8.42 Å². The van der Waals surface area contributed by atoms with Crippen LogP contribution in [-0.4, -0.2) is 63.1 Å². The molecule has 0 aromatic heterocycles. The van der Waals surface area contributed by atoms with Crippen LogP contribution < -0.4 is 10.1 Å². The summed E-state index contributed by atoms with van der Waals surface area (Å²) in [5, 5.41) is 3.19. The summed E-state index contributed by atoms with van der Waals surface area (Å²) < 4.78 is 29.5. The zero-order valence-corrected chi connectivity index (χ0v) is 17.7. The first-order valence-electron chi connectivity index (χ1n) is 8.98. The predicted octanol–water partition coefficient (Wildman–Crippen LogP) is 2.48. The molecule has 0 spiro atoms. The molecule has 0 aliphatic carbocycles. The molecule has 0 aliphatic rings. The van der Waals surface area contributed by atoms with Crippen LogP contribution in [0.4, 0.5) is 0 Å². The number of likely N-dealkylation sites (N-methyl/N-ethyl adjacent to an activating group) is 1. The summed E-state index contributed by atoms with van der Waals surface area (Å²) in [4.78, 5) is 6.40. The summed E-state index contributed by atoms with van der Waals surface area (Å²) in [5.74, 6) is 1.60. The average molecular weight is 384 g/mol. The maximum atomic E-state index is 12.2. The van der Waals surface area contributed by atoms with Gasteiger partial charge in [0.1, 0.15) is 12.4 Å². The van der Waals surface area contributed by atoms with Gasteiger partial charge in [-0.05, 0) is 46.2 Å².